The number of hydrogen-bond acceptors (Lipinski definition) is 2. The van der Waals surface area contributed by atoms with Crippen LogP contribution in [0, 0.1) is 0 Å². The monoisotopic (exact) mass is 385 g/mol. The zero-order chi connectivity index (χ0) is 13.8. The van der Waals surface area contributed by atoms with Crippen molar-refractivity contribution in [2.24, 2.45) is 0 Å². The zero-order valence-corrected chi connectivity index (χ0v) is 12.7. The molecule has 3 N–H and O–H groups in total. The van der Waals surface area contributed by atoms with Gasteiger partial charge in [0.1, 0.15) is 5.69 Å². The molecule has 0 aliphatic heterocycles. The van der Waals surface area contributed by atoms with E-state index in [0.29, 0.717) is 11.3 Å². The van der Waals surface area contributed by atoms with Crippen LogP contribution in [0.1, 0.15) is 20.8 Å². The minimum atomic E-state index is -0.420. The number of benzene rings is 1. The van der Waals surface area contributed by atoms with E-state index in [1.54, 1.807) is 36.5 Å². The Labute approximate surface area is 126 Å². The number of nitrogens with one attached hydrogen (secondary N) is 3. The predicted molar refractivity (Wildman–Crippen MR) is 77.6 cm³/mol. The lowest BCUT2D eigenvalue weighted by molar-refractivity contribution is 0.0844. The molecule has 0 saturated heterocycles. The van der Waals surface area contributed by atoms with Gasteiger partial charge in [0.2, 0.25) is 0 Å². The fourth-order valence-electron chi connectivity index (χ4n) is 1.35. The van der Waals surface area contributed by atoms with Crippen molar-refractivity contribution in [2.45, 2.75) is 0 Å². The summed E-state index contributed by atoms with van der Waals surface area (Å²) in [4.78, 5) is 26.2. The molecule has 2 aromatic rings. The minimum absolute atomic E-state index is 0.350. The highest BCUT2D eigenvalue weighted by Gasteiger charge is 2.10. The van der Waals surface area contributed by atoms with Crippen LogP contribution < -0.4 is 10.9 Å². The second kappa shape index (κ2) is 6.03. The van der Waals surface area contributed by atoms with E-state index >= 15 is 0 Å². The van der Waals surface area contributed by atoms with Crippen molar-refractivity contribution in [1.29, 1.82) is 0 Å². The number of H-pyrrole nitrogens is 1. The van der Waals surface area contributed by atoms with E-state index in [0.717, 1.165) is 8.95 Å². The standard InChI is InChI=1S/C12H9Br2N3O2/c13-8-3-1-7(2-4-8)11(18)16-17-12(19)10-5-9(14)6-15-10/h1-6,15H,(H,16,18)(H,17,19). The highest BCUT2D eigenvalue weighted by Crippen LogP contribution is 2.11. The van der Waals surface area contributed by atoms with E-state index in [1.807, 2.05) is 0 Å². The third kappa shape index (κ3) is 3.68. The normalized spacial score (nSPS) is 10.0. The molecular weight excluding hydrogens is 378 g/mol. The summed E-state index contributed by atoms with van der Waals surface area (Å²) in [5, 5.41) is 0. The number of halogens is 2. The van der Waals surface area contributed by atoms with Gasteiger partial charge in [0, 0.05) is 20.7 Å². The van der Waals surface area contributed by atoms with Crippen LogP contribution in [0.2, 0.25) is 0 Å². The van der Waals surface area contributed by atoms with Crippen LogP contribution in [0.15, 0.2) is 45.5 Å². The van der Waals surface area contributed by atoms with Crippen molar-refractivity contribution in [3.63, 3.8) is 0 Å². The maximum Gasteiger partial charge on any atom is 0.286 e. The molecular formula is C12H9Br2N3O2. The van der Waals surface area contributed by atoms with Crippen LogP contribution in [-0.4, -0.2) is 16.8 Å². The average molecular weight is 387 g/mol. The van der Waals surface area contributed by atoms with Crippen LogP contribution in [0.25, 0.3) is 0 Å². The third-order valence-electron chi connectivity index (χ3n) is 2.29. The maximum absolute atomic E-state index is 11.7. The van der Waals surface area contributed by atoms with Crippen LogP contribution in [0.4, 0.5) is 0 Å². The SMILES string of the molecule is O=C(NNC(=O)c1cc(Br)c[nH]1)c1ccc(Br)cc1. The average Bonchev–Trinajstić information content (AvgIpc) is 2.83. The molecule has 5 nitrogen and oxygen atoms in total. The topological polar surface area (TPSA) is 74.0 Å². The number of rotatable bonds is 2. The van der Waals surface area contributed by atoms with Gasteiger partial charge in [0.05, 0.1) is 0 Å². The molecule has 19 heavy (non-hydrogen) atoms. The number of carbonyl (C=O) groups is 2. The Morgan fingerprint density at radius 3 is 2.16 bits per heavy atom. The smallest absolute Gasteiger partial charge is 0.286 e. The number of aromatic nitrogens is 1. The van der Waals surface area contributed by atoms with Crippen LogP contribution in [0.5, 0.6) is 0 Å². The van der Waals surface area contributed by atoms with Crippen LogP contribution in [-0.2, 0) is 0 Å². The van der Waals surface area contributed by atoms with Crippen LogP contribution >= 0.6 is 31.9 Å². The molecule has 98 valence electrons. The Hall–Kier alpha value is -1.60. The van der Waals surface area contributed by atoms with Crippen LogP contribution in [0.3, 0.4) is 0 Å². The van der Waals surface area contributed by atoms with Gasteiger partial charge in [-0.15, -0.1) is 0 Å². The fraction of sp³-hybridized carbons (Fsp3) is 0. The zero-order valence-electron chi connectivity index (χ0n) is 9.54. The highest BCUT2D eigenvalue weighted by atomic mass is 79.9. The van der Waals surface area contributed by atoms with Gasteiger partial charge in [-0.25, -0.2) is 0 Å². The second-order valence-electron chi connectivity index (χ2n) is 3.65. The van der Waals surface area contributed by atoms with Crippen molar-refractivity contribution >= 4 is 43.7 Å². The summed E-state index contributed by atoms with van der Waals surface area (Å²) < 4.78 is 1.64. The van der Waals surface area contributed by atoms with E-state index in [-0.39, 0.29) is 5.91 Å². The number of aromatic amines is 1. The molecule has 0 unspecified atom stereocenters. The van der Waals surface area contributed by atoms with E-state index in [4.69, 9.17) is 0 Å². The van der Waals surface area contributed by atoms with Crippen molar-refractivity contribution in [3.8, 4) is 0 Å². The molecule has 0 atom stereocenters. The van der Waals surface area contributed by atoms with E-state index in [9.17, 15) is 9.59 Å². The Bertz CT molecular complexity index is 608. The maximum atomic E-state index is 11.7. The fourth-order valence-corrected chi connectivity index (χ4v) is 1.96. The lowest BCUT2D eigenvalue weighted by Crippen LogP contribution is -2.41. The second-order valence-corrected chi connectivity index (χ2v) is 5.48. The summed E-state index contributed by atoms with van der Waals surface area (Å²) in [6.45, 7) is 0. The largest absolute Gasteiger partial charge is 0.356 e. The molecule has 2 amide bonds. The molecule has 0 aliphatic rings. The van der Waals surface area contributed by atoms with Gasteiger partial charge in [0.25, 0.3) is 11.8 Å². The van der Waals surface area contributed by atoms with Gasteiger partial charge in [-0.1, -0.05) is 15.9 Å². The summed E-state index contributed by atoms with van der Waals surface area (Å²) in [6.07, 6.45) is 1.63. The van der Waals surface area contributed by atoms with E-state index in [1.165, 1.54) is 0 Å². The Morgan fingerprint density at radius 2 is 1.58 bits per heavy atom. The quantitative estimate of drug-likeness (QED) is 0.694. The molecule has 0 aliphatic carbocycles. The van der Waals surface area contributed by atoms with Crippen molar-refractivity contribution in [3.05, 3.63) is 56.7 Å². The molecule has 0 saturated carbocycles. The molecule has 0 radical (unpaired) electrons. The molecule has 1 aromatic heterocycles. The van der Waals surface area contributed by atoms with Gasteiger partial charge in [-0.3, -0.25) is 20.4 Å². The molecule has 0 bridgehead atoms. The van der Waals surface area contributed by atoms with E-state index in [2.05, 4.69) is 47.7 Å². The summed E-state index contributed by atoms with van der Waals surface area (Å²) in [6, 6.07) is 8.41. The summed E-state index contributed by atoms with van der Waals surface area (Å²) in [5.41, 5.74) is 5.46. The first-order valence-electron chi connectivity index (χ1n) is 5.26. The minimum Gasteiger partial charge on any atom is -0.356 e. The number of carbonyl (C=O) groups excluding carboxylic acids is 2. The molecule has 0 fully saturated rings. The van der Waals surface area contributed by atoms with Crippen molar-refractivity contribution in [1.82, 2.24) is 15.8 Å². The van der Waals surface area contributed by atoms with Gasteiger partial charge in [-0.05, 0) is 46.3 Å². The first-order chi connectivity index (χ1) is 9.06. The van der Waals surface area contributed by atoms with Crippen molar-refractivity contribution < 1.29 is 9.59 Å². The Kier molecular flexibility index (Phi) is 4.39. The van der Waals surface area contributed by atoms with Crippen molar-refractivity contribution in [2.75, 3.05) is 0 Å². The number of hydrogen-bond donors (Lipinski definition) is 3. The third-order valence-corrected chi connectivity index (χ3v) is 3.27. The molecule has 1 heterocycles. The predicted octanol–water partition coefficient (Wildman–Crippen LogP) is 2.61. The number of hydrazine groups is 1. The first-order valence-corrected chi connectivity index (χ1v) is 6.85. The lowest BCUT2D eigenvalue weighted by atomic mass is 10.2. The molecule has 0 spiro atoms. The van der Waals surface area contributed by atoms with Gasteiger partial charge >= 0.3 is 0 Å². The lowest BCUT2D eigenvalue weighted by Gasteiger charge is -2.06. The summed E-state index contributed by atoms with van der Waals surface area (Å²) >= 11 is 6.50. The molecule has 2 rings (SSSR count). The van der Waals surface area contributed by atoms with E-state index < -0.39 is 5.91 Å². The Balaban J connectivity index is 1.93. The summed E-state index contributed by atoms with van der Waals surface area (Å²) in [5.74, 6) is -0.803. The highest BCUT2D eigenvalue weighted by molar-refractivity contribution is 9.10. The van der Waals surface area contributed by atoms with Gasteiger partial charge < -0.3 is 4.98 Å². The van der Waals surface area contributed by atoms with Gasteiger partial charge in [0.15, 0.2) is 0 Å². The number of amides is 2. The Morgan fingerprint density at radius 1 is 0.947 bits per heavy atom. The molecule has 1 aromatic carbocycles. The molecule has 7 heteroatoms. The summed E-state index contributed by atoms with van der Waals surface area (Å²) in [7, 11) is 0. The van der Waals surface area contributed by atoms with Gasteiger partial charge in [-0.2, -0.15) is 0 Å². The first kappa shape index (κ1) is 13.8.